The van der Waals surface area contributed by atoms with Crippen molar-refractivity contribution < 1.29 is 14.7 Å². The average Bonchev–Trinajstić information content (AvgIpc) is 2.64. The van der Waals surface area contributed by atoms with Gasteiger partial charge >= 0.3 is 5.97 Å². The second kappa shape index (κ2) is 6.34. The topological polar surface area (TPSA) is 70.5 Å². The molecule has 1 aromatic rings. The smallest absolute Gasteiger partial charge is 0.305 e. The number of carboxylic acid groups (broad SMARTS) is 1. The number of likely N-dealkylation sites (N-methyl/N-ethyl adjacent to an activating group) is 1. The van der Waals surface area contributed by atoms with Gasteiger partial charge in [-0.05, 0) is 13.8 Å². The molecule has 0 aliphatic carbocycles. The first-order valence-electron chi connectivity index (χ1n) is 5.43. The molecule has 0 aromatic carbocycles. The monoisotopic (exact) mass is 256 g/mol. The lowest BCUT2D eigenvalue weighted by Gasteiger charge is -2.19. The van der Waals surface area contributed by atoms with Crippen molar-refractivity contribution in [3.8, 4) is 0 Å². The van der Waals surface area contributed by atoms with E-state index in [4.69, 9.17) is 5.11 Å². The van der Waals surface area contributed by atoms with Crippen molar-refractivity contribution in [3.05, 3.63) is 16.1 Å². The van der Waals surface area contributed by atoms with E-state index in [0.717, 1.165) is 10.7 Å². The fourth-order valence-electron chi connectivity index (χ4n) is 1.45. The number of aliphatic carboxylic acids is 1. The number of carbonyl (C=O) groups excluding carboxylic acids is 1. The first-order valence-corrected chi connectivity index (χ1v) is 6.31. The van der Waals surface area contributed by atoms with E-state index in [1.54, 1.807) is 4.90 Å². The Morgan fingerprint density at radius 1 is 1.53 bits per heavy atom. The molecule has 1 heterocycles. The highest BCUT2D eigenvalue weighted by Crippen LogP contribution is 2.09. The Kier molecular flexibility index (Phi) is 5.09. The molecule has 17 heavy (non-hydrogen) atoms. The largest absolute Gasteiger partial charge is 0.481 e. The van der Waals surface area contributed by atoms with E-state index < -0.39 is 5.97 Å². The number of nitrogens with zero attached hydrogens (tertiary/aromatic N) is 2. The zero-order valence-corrected chi connectivity index (χ0v) is 10.8. The van der Waals surface area contributed by atoms with E-state index in [2.05, 4.69) is 4.98 Å². The van der Waals surface area contributed by atoms with Gasteiger partial charge in [0.2, 0.25) is 5.91 Å². The summed E-state index contributed by atoms with van der Waals surface area (Å²) in [5, 5.41) is 11.4. The van der Waals surface area contributed by atoms with Gasteiger partial charge in [0.25, 0.3) is 0 Å². The highest BCUT2D eigenvalue weighted by atomic mass is 32.1. The van der Waals surface area contributed by atoms with E-state index in [1.165, 1.54) is 11.3 Å². The Labute approximate surface area is 104 Å². The molecule has 0 aliphatic heterocycles. The zero-order valence-electron chi connectivity index (χ0n) is 9.97. The van der Waals surface area contributed by atoms with Crippen molar-refractivity contribution in [2.75, 3.05) is 13.1 Å². The standard InChI is InChI=1S/C11H16N2O3S/c1-3-13(5-4-11(15)16)10(14)6-9-7-17-8(2)12-9/h7H,3-6H2,1-2H3,(H,15,16). The molecule has 0 saturated carbocycles. The summed E-state index contributed by atoms with van der Waals surface area (Å²) in [5.74, 6) is -0.959. The molecule has 0 bridgehead atoms. The number of thiazole rings is 1. The number of carbonyl (C=O) groups is 2. The Hall–Kier alpha value is -1.43. The maximum Gasteiger partial charge on any atom is 0.305 e. The third-order valence-corrected chi connectivity index (χ3v) is 3.15. The van der Waals surface area contributed by atoms with Crippen LogP contribution in [0.4, 0.5) is 0 Å². The SMILES string of the molecule is CCN(CCC(=O)O)C(=O)Cc1csc(C)n1. The minimum atomic E-state index is -0.888. The first kappa shape index (κ1) is 13.6. The fourth-order valence-corrected chi connectivity index (χ4v) is 2.06. The molecular weight excluding hydrogens is 240 g/mol. The first-order chi connectivity index (χ1) is 8.02. The summed E-state index contributed by atoms with van der Waals surface area (Å²) in [5.41, 5.74) is 0.756. The van der Waals surface area contributed by atoms with E-state index in [9.17, 15) is 9.59 Å². The maximum absolute atomic E-state index is 11.9. The van der Waals surface area contributed by atoms with Crippen LogP contribution in [-0.2, 0) is 16.0 Å². The van der Waals surface area contributed by atoms with Crippen molar-refractivity contribution in [1.82, 2.24) is 9.88 Å². The molecule has 1 rings (SSSR count). The van der Waals surface area contributed by atoms with Gasteiger partial charge in [-0.2, -0.15) is 0 Å². The highest BCUT2D eigenvalue weighted by molar-refractivity contribution is 7.09. The third kappa shape index (κ3) is 4.52. The lowest BCUT2D eigenvalue weighted by atomic mass is 10.3. The second-order valence-corrected chi connectivity index (χ2v) is 4.71. The third-order valence-electron chi connectivity index (χ3n) is 2.33. The Bertz CT molecular complexity index is 403. The summed E-state index contributed by atoms with van der Waals surface area (Å²) in [6.07, 6.45) is 0.230. The Morgan fingerprint density at radius 2 is 2.24 bits per heavy atom. The van der Waals surface area contributed by atoms with Crippen molar-refractivity contribution in [2.45, 2.75) is 26.7 Å². The molecule has 1 aromatic heterocycles. The van der Waals surface area contributed by atoms with E-state index >= 15 is 0 Å². The number of amides is 1. The van der Waals surface area contributed by atoms with Crippen LogP contribution in [0.5, 0.6) is 0 Å². The van der Waals surface area contributed by atoms with E-state index in [-0.39, 0.29) is 25.3 Å². The maximum atomic E-state index is 11.9. The van der Waals surface area contributed by atoms with Gasteiger partial charge in [0.05, 0.1) is 23.5 Å². The predicted octanol–water partition coefficient (Wildman–Crippen LogP) is 1.32. The van der Waals surface area contributed by atoms with Crippen molar-refractivity contribution >= 4 is 23.2 Å². The molecule has 0 saturated heterocycles. The van der Waals surface area contributed by atoms with Crippen molar-refractivity contribution in [3.63, 3.8) is 0 Å². The van der Waals surface area contributed by atoms with Crippen LogP contribution in [0.2, 0.25) is 0 Å². The van der Waals surface area contributed by atoms with Gasteiger partial charge in [-0.15, -0.1) is 11.3 Å². The van der Waals surface area contributed by atoms with Crippen LogP contribution in [0.3, 0.4) is 0 Å². The van der Waals surface area contributed by atoms with Gasteiger partial charge in [0, 0.05) is 18.5 Å². The van der Waals surface area contributed by atoms with Crippen LogP contribution in [0.15, 0.2) is 5.38 Å². The molecule has 0 atom stereocenters. The number of carboxylic acids is 1. The zero-order chi connectivity index (χ0) is 12.8. The number of rotatable bonds is 6. The molecule has 1 amide bonds. The van der Waals surface area contributed by atoms with Crippen molar-refractivity contribution in [2.24, 2.45) is 0 Å². The normalized spacial score (nSPS) is 10.2. The summed E-state index contributed by atoms with van der Waals surface area (Å²) in [4.78, 5) is 28.1. The van der Waals surface area contributed by atoms with Gasteiger partial charge in [-0.25, -0.2) is 4.98 Å². The van der Waals surface area contributed by atoms with Crippen LogP contribution in [0, 0.1) is 6.92 Å². The van der Waals surface area contributed by atoms with Crippen LogP contribution >= 0.6 is 11.3 Å². The predicted molar refractivity (Wildman–Crippen MR) is 65.1 cm³/mol. The molecule has 5 nitrogen and oxygen atoms in total. The van der Waals surface area contributed by atoms with Crippen LogP contribution in [0.1, 0.15) is 24.0 Å². The van der Waals surface area contributed by atoms with Crippen LogP contribution in [-0.4, -0.2) is 40.0 Å². The van der Waals surface area contributed by atoms with Crippen molar-refractivity contribution in [1.29, 1.82) is 0 Å². The fraction of sp³-hybridized carbons (Fsp3) is 0.545. The average molecular weight is 256 g/mol. The number of hydrogen-bond donors (Lipinski definition) is 1. The summed E-state index contributed by atoms with van der Waals surface area (Å²) >= 11 is 1.51. The van der Waals surface area contributed by atoms with E-state index in [1.807, 2.05) is 19.2 Å². The molecule has 0 aliphatic rings. The van der Waals surface area contributed by atoms with Gasteiger partial charge < -0.3 is 10.0 Å². The molecule has 94 valence electrons. The summed E-state index contributed by atoms with van der Waals surface area (Å²) < 4.78 is 0. The minimum absolute atomic E-state index is 0.0182. The number of aromatic nitrogens is 1. The number of aryl methyl sites for hydroxylation is 1. The minimum Gasteiger partial charge on any atom is -0.481 e. The lowest BCUT2D eigenvalue weighted by Crippen LogP contribution is -2.34. The van der Waals surface area contributed by atoms with Gasteiger partial charge in [-0.1, -0.05) is 0 Å². The van der Waals surface area contributed by atoms with Gasteiger partial charge in [0.15, 0.2) is 0 Å². The summed E-state index contributed by atoms with van der Waals surface area (Å²) in [6, 6.07) is 0. The van der Waals surface area contributed by atoms with E-state index in [0.29, 0.717) is 6.54 Å². The second-order valence-electron chi connectivity index (χ2n) is 3.65. The Balaban J connectivity index is 2.51. The molecule has 0 fully saturated rings. The quantitative estimate of drug-likeness (QED) is 0.833. The summed E-state index contributed by atoms with van der Waals surface area (Å²) in [6.45, 7) is 4.51. The van der Waals surface area contributed by atoms with Crippen LogP contribution in [0.25, 0.3) is 0 Å². The van der Waals surface area contributed by atoms with Crippen LogP contribution < -0.4 is 0 Å². The summed E-state index contributed by atoms with van der Waals surface area (Å²) in [7, 11) is 0. The highest BCUT2D eigenvalue weighted by Gasteiger charge is 2.14. The molecular formula is C11H16N2O3S. The lowest BCUT2D eigenvalue weighted by molar-refractivity contribution is -0.138. The molecule has 0 unspecified atom stereocenters. The number of hydrogen-bond acceptors (Lipinski definition) is 4. The molecule has 6 heteroatoms. The van der Waals surface area contributed by atoms with Gasteiger partial charge in [0.1, 0.15) is 0 Å². The molecule has 1 N–H and O–H groups in total. The van der Waals surface area contributed by atoms with Gasteiger partial charge in [-0.3, -0.25) is 9.59 Å². The molecule has 0 spiro atoms. The Morgan fingerprint density at radius 3 is 2.71 bits per heavy atom. The molecule has 0 radical (unpaired) electrons.